The molecule has 2 aromatic carbocycles. The Hall–Kier alpha value is -4.51. The molecule has 11 nitrogen and oxygen atoms in total. The zero-order valence-electron chi connectivity index (χ0n) is 19.3. The van der Waals surface area contributed by atoms with Gasteiger partial charge in [0.05, 0.1) is 16.1 Å². The summed E-state index contributed by atoms with van der Waals surface area (Å²) in [6.07, 6.45) is 3.05. The highest BCUT2D eigenvalue weighted by atomic mass is 16.7. The van der Waals surface area contributed by atoms with Gasteiger partial charge in [-0.1, -0.05) is 24.3 Å². The largest absolute Gasteiger partial charge is 0.454 e. The Labute approximate surface area is 206 Å². The van der Waals surface area contributed by atoms with Crippen molar-refractivity contribution in [3.8, 4) is 11.5 Å². The van der Waals surface area contributed by atoms with Gasteiger partial charge in [0.1, 0.15) is 6.33 Å². The van der Waals surface area contributed by atoms with E-state index < -0.39 is 4.92 Å². The minimum Gasteiger partial charge on any atom is -0.454 e. The Morgan fingerprint density at radius 3 is 2.67 bits per heavy atom. The van der Waals surface area contributed by atoms with Crippen LogP contribution in [0.15, 0.2) is 61.1 Å². The molecule has 0 aliphatic carbocycles. The highest BCUT2D eigenvalue weighted by Gasteiger charge is 2.30. The SMILES string of the molecule is O=[N+]([O-])c1c(Nc2cccc3cccnc23)ncnc1N1CCN(Cc2ccc3c(c2)OCO3)CC1. The lowest BCUT2D eigenvalue weighted by molar-refractivity contribution is -0.383. The quantitative estimate of drug-likeness (QED) is 0.320. The number of piperazine rings is 1. The van der Waals surface area contributed by atoms with Crippen molar-refractivity contribution >= 4 is 33.9 Å². The van der Waals surface area contributed by atoms with Gasteiger partial charge < -0.3 is 19.7 Å². The first kappa shape index (κ1) is 22.0. The van der Waals surface area contributed by atoms with Crippen LogP contribution in [0.3, 0.4) is 0 Å². The molecule has 2 aliphatic rings. The number of nitrogens with zero attached hydrogens (tertiary/aromatic N) is 6. The molecule has 2 aromatic heterocycles. The maximum atomic E-state index is 12.1. The smallest absolute Gasteiger partial charge is 0.353 e. The normalized spacial score (nSPS) is 15.3. The van der Waals surface area contributed by atoms with Crippen LogP contribution in [-0.2, 0) is 6.54 Å². The topological polar surface area (TPSA) is 119 Å². The van der Waals surface area contributed by atoms with Crippen LogP contribution in [0, 0.1) is 10.1 Å². The zero-order valence-corrected chi connectivity index (χ0v) is 19.3. The third-order valence-corrected chi connectivity index (χ3v) is 6.39. The summed E-state index contributed by atoms with van der Waals surface area (Å²) in [6.45, 7) is 3.72. The summed E-state index contributed by atoms with van der Waals surface area (Å²) in [5.41, 5.74) is 2.35. The summed E-state index contributed by atoms with van der Waals surface area (Å²) >= 11 is 0. The van der Waals surface area contributed by atoms with E-state index in [1.807, 2.05) is 53.4 Å². The van der Waals surface area contributed by atoms with Gasteiger partial charge in [0.25, 0.3) is 0 Å². The van der Waals surface area contributed by atoms with Crippen molar-refractivity contribution < 1.29 is 14.4 Å². The van der Waals surface area contributed by atoms with Gasteiger partial charge in [-0.05, 0) is 29.8 Å². The standard InChI is InChI=1S/C25H23N7O4/c33-32(34)23-24(29-19-5-1-3-18-4-2-8-26-22(18)19)27-15-28-25(23)31-11-9-30(10-12-31)14-17-6-7-20-21(13-17)36-16-35-20/h1-8,13,15H,9-12,14,16H2,(H,27,28,29). The van der Waals surface area contributed by atoms with E-state index in [0.29, 0.717) is 30.1 Å². The van der Waals surface area contributed by atoms with Gasteiger partial charge in [0.15, 0.2) is 11.5 Å². The van der Waals surface area contributed by atoms with Crippen molar-refractivity contribution in [2.45, 2.75) is 6.54 Å². The van der Waals surface area contributed by atoms with Crippen LogP contribution >= 0.6 is 0 Å². The van der Waals surface area contributed by atoms with Crippen LogP contribution in [0.4, 0.5) is 23.0 Å². The second kappa shape index (κ2) is 9.27. The number of benzene rings is 2. The molecule has 0 saturated carbocycles. The second-order valence-corrected chi connectivity index (χ2v) is 8.61. The number of hydrogen-bond acceptors (Lipinski definition) is 10. The van der Waals surface area contributed by atoms with E-state index in [4.69, 9.17) is 9.47 Å². The van der Waals surface area contributed by atoms with Crippen LogP contribution < -0.4 is 19.7 Å². The molecule has 0 amide bonds. The summed E-state index contributed by atoms with van der Waals surface area (Å²) in [6, 6.07) is 15.4. The van der Waals surface area contributed by atoms with Crippen molar-refractivity contribution in [1.82, 2.24) is 19.9 Å². The predicted octanol–water partition coefficient (Wildman–Crippen LogP) is 3.73. The second-order valence-electron chi connectivity index (χ2n) is 8.61. The third kappa shape index (κ3) is 4.20. The average Bonchev–Trinajstić information content (AvgIpc) is 3.37. The fourth-order valence-corrected chi connectivity index (χ4v) is 4.61. The Balaban J connectivity index is 1.20. The summed E-state index contributed by atoms with van der Waals surface area (Å²) in [5.74, 6) is 1.99. The number of fused-ring (bicyclic) bond motifs is 2. The molecule has 0 atom stereocenters. The minimum absolute atomic E-state index is 0.144. The Kier molecular flexibility index (Phi) is 5.66. The Morgan fingerprint density at radius 2 is 1.81 bits per heavy atom. The van der Waals surface area contributed by atoms with Gasteiger partial charge in [-0.25, -0.2) is 9.97 Å². The number of para-hydroxylation sites is 1. The van der Waals surface area contributed by atoms with Gasteiger partial charge in [-0.2, -0.15) is 0 Å². The molecule has 6 rings (SSSR count). The lowest BCUT2D eigenvalue weighted by atomic mass is 10.1. The van der Waals surface area contributed by atoms with E-state index in [9.17, 15) is 10.1 Å². The summed E-state index contributed by atoms with van der Waals surface area (Å²) in [7, 11) is 0. The predicted molar refractivity (Wildman–Crippen MR) is 134 cm³/mol. The van der Waals surface area contributed by atoms with Gasteiger partial charge in [0.2, 0.25) is 18.4 Å². The molecule has 4 heterocycles. The van der Waals surface area contributed by atoms with E-state index in [0.717, 1.165) is 42.1 Å². The number of pyridine rings is 1. The monoisotopic (exact) mass is 485 g/mol. The number of nitrogens with one attached hydrogen (secondary N) is 1. The molecule has 0 bridgehead atoms. The molecular weight excluding hydrogens is 462 g/mol. The van der Waals surface area contributed by atoms with Crippen LogP contribution in [0.2, 0.25) is 0 Å². The number of rotatable bonds is 6. The first-order chi connectivity index (χ1) is 17.7. The average molecular weight is 486 g/mol. The Bertz CT molecular complexity index is 1430. The highest BCUT2D eigenvalue weighted by molar-refractivity contribution is 5.92. The Morgan fingerprint density at radius 1 is 0.972 bits per heavy atom. The molecule has 0 unspecified atom stereocenters. The van der Waals surface area contributed by atoms with Crippen LogP contribution in [0.25, 0.3) is 10.9 Å². The zero-order chi connectivity index (χ0) is 24.5. The molecule has 36 heavy (non-hydrogen) atoms. The van der Waals surface area contributed by atoms with E-state index in [-0.39, 0.29) is 18.3 Å². The number of ether oxygens (including phenoxy) is 2. The number of nitro groups is 1. The highest BCUT2D eigenvalue weighted by Crippen LogP contribution is 2.36. The van der Waals surface area contributed by atoms with Crippen LogP contribution in [0.1, 0.15) is 5.56 Å². The van der Waals surface area contributed by atoms with Crippen LogP contribution in [-0.4, -0.2) is 57.7 Å². The van der Waals surface area contributed by atoms with E-state index in [2.05, 4.69) is 25.2 Å². The molecule has 0 spiro atoms. The maximum Gasteiger partial charge on any atom is 0.353 e. The first-order valence-electron chi connectivity index (χ1n) is 11.6. The fraction of sp³-hybridized carbons (Fsp3) is 0.240. The lowest BCUT2D eigenvalue weighted by Crippen LogP contribution is -2.46. The summed E-state index contributed by atoms with van der Waals surface area (Å²) < 4.78 is 10.9. The molecular formula is C25H23N7O4. The van der Waals surface area contributed by atoms with Gasteiger partial charge in [-0.3, -0.25) is 20.0 Å². The van der Waals surface area contributed by atoms with E-state index in [1.165, 1.54) is 6.33 Å². The van der Waals surface area contributed by atoms with E-state index in [1.54, 1.807) is 6.20 Å². The molecule has 0 radical (unpaired) electrons. The molecule has 11 heteroatoms. The number of aromatic nitrogens is 3. The van der Waals surface area contributed by atoms with Crippen molar-refractivity contribution in [3.05, 3.63) is 76.7 Å². The van der Waals surface area contributed by atoms with Crippen molar-refractivity contribution in [2.75, 3.05) is 43.2 Å². The fourth-order valence-electron chi connectivity index (χ4n) is 4.61. The number of hydrogen-bond donors (Lipinski definition) is 1. The minimum atomic E-state index is -0.421. The lowest BCUT2D eigenvalue weighted by Gasteiger charge is -2.35. The van der Waals surface area contributed by atoms with Gasteiger partial charge in [-0.15, -0.1) is 0 Å². The molecule has 1 N–H and O–H groups in total. The molecule has 1 fully saturated rings. The maximum absolute atomic E-state index is 12.1. The number of anilines is 3. The van der Waals surface area contributed by atoms with Crippen molar-refractivity contribution in [3.63, 3.8) is 0 Å². The van der Waals surface area contributed by atoms with Gasteiger partial charge >= 0.3 is 5.69 Å². The third-order valence-electron chi connectivity index (χ3n) is 6.39. The molecule has 1 saturated heterocycles. The van der Waals surface area contributed by atoms with E-state index >= 15 is 0 Å². The summed E-state index contributed by atoms with van der Waals surface area (Å²) in [5, 5.41) is 16.2. The molecule has 2 aliphatic heterocycles. The van der Waals surface area contributed by atoms with Crippen molar-refractivity contribution in [2.24, 2.45) is 0 Å². The van der Waals surface area contributed by atoms with Gasteiger partial charge in [0, 0.05) is 44.3 Å². The first-order valence-corrected chi connectivity index (χ1v) is 11.6. The van der Waals surface area contributed by atoms with Crippen LogP contribution in [0.5, 0.6) is 11.5 Å². The van der Waals surface area contributed by atoms with Crippen molar-refractivity contribution in [1.29, 1.82) is 0 Å². The molecule has 182 valence electrons. The summed E-state index contributed by atoms with van der Waals surface area (Å²) in [4.78, 5) is 28.9. The molecule has 4 aromatic rings.